The van der Waals surface area contributed by atoms with Crippen molar-refractivity contribution < 1.29 is 14.1 Å². The van der Waals surface area contributed by atoms with Crippen LogP contribution in [0.2, 0.25) is 0 Å². The van der Waals surface area contributed by atoms with E-state index >= 15 is 0 Å². The number of benzene rings is 1. The van der Waals surface area contributed by atoms with Gasteiger partial charge in [-0.1, -0.05) is 17.3 Å². The minimum Gasteiger partial charge on any atom is -0.497 e. The summed E-state index contributed by atoms with van der Waals surface area (Å²) in [6, 6.07) is 11.6. The molecule has 0 bridgehead atoms. The second-order valence-electron chi connectivity index (χ2n) is 6.06. The highest BCUT2D eigenvalue weighted by Gasteiger charge is 2.10. The number of hydrogen-bond acceptors (Lipinski definition) is 6. The van der Waals surface area contributed by atoms with Crippen molar-refractivity contribution in [3.63, 3.8) is 0 Å². The van der Waals surface area contributed by atoms with Gasteiger partial charge in [0.25, 0.3) is 0 Å². The Balaban J connectivity index is 1.35. The quantitative estimate of drug-likeness (QED) is 0.586. The van der Waals surface area contributed by atoms with Crippen molar-refractivity contribution in [2.24, 2.45) is 0 Å². The SMILES string of the molecule is COc1ccc(CCCNC(=O)CCc2nc(-c3cccnc3)no2)cc1. The Morgan fingerprint density at radius 2 is 2.04 bits per heavy atom. The summed E-state index contributed by atoms with van der Waals surface area (Å²) in [5.41, 5.74) is 2.01. The predicted octanol–water partition coefficient (Wildman–Crippen LogP) is 2.82. The first kappa shape index (κ1) is 18.6. The first-order chi connectivity index (χ1) is 13.2. The molecule has 2 aromatic heterocycles. The molecule has 7 heteroatoms. The molecular formula is C20H22N4O3. The summed E-state index contributed by atoms with van der Waals surface area (Å²) < 4.78 is 10.3. The van der Waals surface area contributed by atoms with E-state index in [1.165, 1.54) is 5.56 Å². The van der Waals surface area contributed by atoms with E-state index in [9.17, 15) is 4.79 Å². The fraction of sp³-hybridized carbons (Fsp3) is 0.300. The van der Waals surface area contributed by atoms with E-state index in [1.54, 1.807) is 19.5 Å². The lowest BCUT2D eigenvalue weighted by atomic mass is 10.1. The molecule has 27 heavy (non-hydrogen) atoms. The number of nitrogens with zero attached hydrogens (tertiary/aromatic N) is 3. The fourth-order valence-corrected chi connectivity index (χ4v) is 2.59. The summed E-state index contributed by atoms with van der Waals surface area (Å²) in [7, 11) is 1.65. The Labute approximate surface area is 157 Å². The van der Waals surface area contributed by atoms with E-state index in [-0.39, 0.29) is 5.91 Å². The van der Waals surface area contributed by atoms with Gasteiger partial charge in [0.1, 0.15) is 5.75 Å². The molecule has 0 aliphatic carbocycles. The Morgan fingerprint density at radius 3 is 2.78 bits per heavy atom. The van der Waals surface area contributed by atoms with Crippen LogP contribution in [0.25, 0.3) is 11.4 Å². The minimum atomic E-state index is -0.0224. The van der Waals surface area contributed by atoms with Gasteiger partial charge >= 0.3 is 0 Å². The maximum absolute atomic E-state index is 12.0. The smallest absolute Gasteiger partial charge is 0.227 e. The first-order valence-electron chi connectivity index (χ1n) is 8.87. The number of aryl methyl sites for hydroxylation is 2. The van der Waals surface area contributed by atoms with Gasteiger partial charge in [-0.2, -0.15) is 4.98 Å². The van der Waals surface area contributed by atoms with Crippen LogP contribution >= 0.6 is 0 Å². The van der Waals surface area contributed by atoms with Crippen molar-refractivity contribution in [3.05, 3.63) is 60.2 Å². The van der Waals surface area contributed by atoms with Crippen molar-refractivity contribution in [2.75, 3.05) is 13.7 Å². The van der Waals surface area contributed by atoms with Crippen molar-refractivity contribution in [2.45, 2.75) is 25.7 Å². The second kappa shape index (κ2) is 9.47. The van der Waals surface area contributed by atoms with Gasteiger partial charge in [0.05, 0.1) is 7.11 Å². The highest BCUT2D eigenvalue weighted by Crippen LogP contribution is 2.14. The maximum Gasteiger partial charge on any atom is 0.227 e. The van der Waals surface area contributed by atoms with Gasteiger partial charge in [-0.25, -0.2) is 0 Å². The van der Waals surface area contributed by atoms with Crippen LogP contribution in [0, 0.1) is 0 Å². The van der Waals surface area contributed by atoms with E-state index in [0.717, 1.165) is 24.2 Å². The number of methoxy groups -OCH3 is 1. The zero-order valence-electron chi connectivity index (χ0n) is 15.2. The van der Waals surface area contributed by atoms with E-state index in [1.807, 2.05) is 36.4 Å². The third-order valence-corrected chi connectivity index (χ3v) is 4.08. The highest BCUT2D eigenvalue weighted by molar-refractivity contribution is 5.75. The average Bonchev–Trinajstić information content (AvgIpc) is 3.20. The van der Waals surface area contributed by atoms with E-state index in [0.29, 0.717) is 31.1 Å². The third-order valence-electron chi connectivity index (χ3n) is 4.08. The average molecular weight is 366 g/mol. The second-order valence-corrected chi connectivity index (χ2v) is 6.06. The Kier molecular flexibility index (Phi) is 6.51. The Bertz CT molecular complexity index is 847. The Hall–Kier alpha value is -3.22. The molecular weight excluding hydrogens is 344 g/mol. The van der Waals surface area contributed by atoms with Gasteiger partial charge < -0.3 is 14.6 Å². The minimum absolute atomic E-state index is 0.0224. The molecule has 0 aliphatic heterocycles. The van der Waals surface area contributed by atoms with Gasteiger partial charge in [0.2, 0.25) is 17.6 Å². The van der Waals surface area contributed by atoms with Crippen molar-refractivity contribution in [1.82, 2.24) is 20.4 Å². The van der Waals surface area contributed by atoms with Gasteiger partial charge in [0, 0.05) is 37.3 Å². The van der Waals surface area contributed by atoms with E-state index in [4.69, 9.17) is 9.26 Å². The molecule has 1 N–H and O–H groups in total. The molecule has 0 fully saturated rings. The fourth-order valence-electron chi connectivity index (χ4n) is 2.59. The molecule has 7 nitrogen and oxygen atoms in total. The van der Waals surface area contributed by atoms with Crippen LogP contribution in [0.1, 0.15) is 24.3 Å². The molecule has 3 rings (SSSR count). The number of carbonyl (C=O) groups excluding carboxylic acids is 1. The normalized spacial score (nSPS) is 10.6. The molecule has 0 spiro atoms. The van der Waals surface area contributed by atoms with Crippen LogP contribution in [0.5, 0.6) is 5.75 Å². The standard InChI is InChI=1S/C20H22N4O3/c1-26-17-8-6-15(7-9-17)4-2-13-22-18(25)10-11-19-23-20(24-27-19)16-5-3-12-21-14-16/h3,5-9,12,14H,2,4,10-11,13H2,1H3,(H,22,25). The number of hydrogen-bond donors (Lipinski definition) is 1. The third kappa shape index (κ3) is 5.64. The topological polar surface area (TPSA) is 90.1 Å². The number of carbonyl (C=O) groups is 1. The van der Waals surface area contributed by atoms with Gasteiger partial charge in [-0.3, -0.25) is 9.78 Å². The van der Waals surface area contributed by atoms with E-state index < -0.39 is 0 Å². The van der Waals surface area contributed by atoms with Crippen LogP contribution in [-0.2, 0) is 17.6 Å². The van der Waals surface area contributed by atoms with Crippen molar-refractivity contribution in [3.8, 4) is 17.1 Å². The maximum atomic E-state index is 12.0. The molecule has 2 heterocycles. The van der Waals surface area contributed by atoms with E-state index in [2.05, 4.69) is 20.4 Å². The number of amides is 1. The molecule has 0 aliphatic rings. The largest absolute Gasteiger partial charge is 0.497 e. The molecule has 0 radical (unpaired) electrons. The predicted molar refractivity (Wildman–Crippen MR) is 100 cm³/mol. The van der Waals surface area contributed by atoms with Crippen LogP contribution in [-0.4, -0.2) is 34.7 Å². The van der Waals surface area contributed by atoms with Gasteiger partial charge in [0.15, 0.2) is 0 Å². The molecule has 0 saturated carbocycles. The summed E-state index contributed by atoms with van der Waals surface area (Å²) in [5, 5.41) is 6.84. The monoisotopic (exact) mass is 366 g/mol. The Morgan fingerprint density at radius 1 is 1.19 bits per heavy atom. The van der Waals surface area contributed by atoms with Crippen LogP contribution < -0.4 is 10.1 Å². The number of nitrogens with one attached hydrogen (secondary N) is 1. The molecule has 0 unspecified atom stereocenters. The zero-order valence-corrected chi connectivity index (χ0v) is 15.2. The first-order valence-corrected chi connectivity index (χ1v) is 8.87. The van der Waals surface area contributed by atoms with Crippen LogP contribution in [0.15, 0.2) is 53.3 Å². The van der Waals surface area contributed by atoms with Crippen LogP contribution in [0.3, 0.4) is 0 Å². The van der Waals surface area contributed by atoms with Crippen molar-refractivity contribution in [1.29, 1.82) is 0 Å². The molecule has 3 aromatic rings. The summed E-state index contributed by atoms with van der Waals surface area (Å²) in [5.74, 6) is 1.76. The van der Waals surface area contributed by atoms with Crippen LogP contribution in [0.4, 0.5) is 0 Å². The number of rotatable bonds is 9. The summed E-state index contributed by atoms with van der Waals surface area (Å²) in [4.78, 5) is 20.3. The lowest BCUT2D eigenvalue weighted by Gasteiger charge is -2.05. The molecule has 0 atom stereocenters. The molecule has 1 aromatic carbocycles. The van der Waals surface area contributed by atoms with Crippen molar-refractivity contribution >= 4 is 5.91 Å². The summed E-state index contributed by atoms with van der Waals surface area (Å²) in [6.45, 7) is 0.635. The lowest BCUT2D eigenvalue weighted by molar-refractivity contribution is -0.121. The number of aromatic nitrogens is 3. The molecule has 140 valence electrons. The summed E-state index contributed by atoms with van der Waals surface area (Å²) in [6.07, 6.45) is 5.87. The van der Waals surface area contributed by atoms with Gasteiger partial charge in [-0.05, 0) is 42.7 Å². The lowest BCUT2D eigenvalue weighted by Crippen LogP contribution is -2.25. The zero-order chi connectivity index (χ0) is 18.9. The van der Waals surface area contributed by atoms with Gasteiger partial charge in [-0.15, -0.1) is 0 Å². The molecule has 0 saturated heterocycles. The highest BCUT2D eigenvalue weighted by atomic mass is 16.5. The molecule has 1 amide bonds. The summed E-state index contributed by atoms with van der Waals surface area (Å²) >= 11 is 0. The number of pyridine rings is 1. The number of ether oxygens (including phenoxy) is 1.